The predicted octanol–water partition coefficient (Wildman–Crippen LogP) is 3.78. The maximum atomic E-state index is 13.0. The first-order valence-electron chi connectivity index (χ1n) is 7.47. The molecule has 0 spiro atoms. The second-order valence-corrected chi connectivity index (χ2v) is 5.31. The van der Waals surface area contributed by atoms with Gasteiger partial charge in [0, 0.05) is 0 Å². The van der Waals surface area contributed by atoms with Crippen molar-refractivity contribution >= 4 is 5.78 Å². The number of likely N-dealkylation sites (N-methyl/N-ethyl adjacent to an activating group) is 1. The van der Waals surface area contributed by atoms with E-state index in [-0.39, 0.29) is 5.78 Å². The number of benzene rings is 1. The fraction of sp³-hybridized carbons (Fsp3) is 0.588. The molecule has 1 aromatic rings. The Morgan fingerprint density at radius 3 is 2.25 bits per heavy atom. The van der Waals surface area contributed by atoms with Gasteiger partial charge in [0.15, 0.2) is 5.78 Å². The van der Waals surface area contributed by atoms with E-state index in [2.05, 4.69) is 20.8 Å². The number of ketones is 1. The van der Waals surface area contributed by atoms with Crippen LogP contribution in [0.3, 0.4) is 0 Å². The van der Waals surface area contributed by atoms with E-state index >= 15 is 0 Å². The van der Waals surface area contributed by atoms with Gasteiger partial charge in [0.1, 0.15) is 5.75 Å². The van der Waals surface area contributed by atoms with Gasteiger partial charge in [-0.2, -0.15) is 0 Å². The number of para-hydroxylation sites is 1. The van der Waals surface area contributed by atoms with Crippen molar-refractivity contribution in [3.05, 3.63) is 29.8 Å². The number of hydrogen-bond donors (Lipinski definition) is 0. The smallest absolute Gasteiger partial charge is 0.186 e. The molecule has 0 fully saturated rings. The van der Waals surface area contributed by atoms with Gasteiger partial charge >= 0.3 is 0 Å². The topological polar surface area (TPSA) is 29.5 Å². The van der Waals surface area contributed by atoms with Crippen LogP contribution >= 0.6 is 0 Å². The molecule has 0 saturated heterocycles. The van der Waals surface area contributed by atoms with Crippen molar-refractivity contribution < 1.29 is 9.53 Å². The number of Topliss-reactive ketones (excluding diaryl/α,β-unsaturated/α-hetero) is 1. The Bertz CT molecular complexity index is 436. The summed E-state index contributed by atoms with van der Waals surface area (Å²) < 4.78 is 5.73. The maximum absolute atomic E-state index is 13.0. The third-order valence-electron chi connectivity index (χ3n) is 4.04. The molecule has 0 heterocycles. The van der Waals surface area contributed by atoms with Gasteiger partial charge in [-0.15, -0.1) is 0 Å². The SMILES string of the molecule is CCCOc1ccccc1C(=O)C(CC)(CC)N(C)C. The number of hydrogen-bond acceptors (Lipinski definition) is 3. The van der Waals surface area contributed by atoms with Crippen LogP contribution in [0.1, 0.15) is 50.4 Å². The summed E-state index contributed by atoms with van der Waals surface area (Å²) in [6.07, 6.45) is 2.51. The number of carbonyl (C=O) groups is 1. The molecule has 0 aromatic heterocycles. The van der Waals surface area contributed by atoms with E-state index in [1.54, 1.807) is 0 Å². The Kier molecular flexibility index (Phi) is 6.21. The molecule has 112 valence electrons. The zero-order valence-electron chi connectivity index (χ0n) is 13.4. The first kappa shape index (κ1) is 16.7. The Morgan fingerprint density at radius 1 is 1.15 bits per heavy atom. The molecule has 1 rings (SSSR count). The third kappa shape index (κ3) is 3.21. The van der Waals surface area contributed by atoms with Crippen molar-refractivity contribution in [3.63, 3.8) is 0 Å². The first-order chi connectivity index (χ1) is 9.53. The van der Waals surface area contributed by atoms with E-state index in [0.717, 1.165) is 19.3 Å². The molecule has 0 saturated carbocycles. The monoisotopic (exact) mass is 277 g/mol. The molecule has 3 nitrogen and oxygen atoms in total. The van der Waals surface area contributed by atoms with Gasteiger partial charge in [-0.05, 0) is 45.5 Å². The highest BCUT2D eigenvalue weighted by Gasteiger charge is 2.38. The van der Waals surface area contributed by atoms with E-state index in [1.165, 1.54) is 0 Å². The number of nitrogens with zero attached hydrogens (tertiary/aromatic N) is 1. The summed E-state index contributed by atoms with van der Waals surface area (Å²) in [6, 6.07) is 7.57. The highest BCUT2D eigenvalue weighted by atomic mass is 16.5. The standard InChI is InChI=1S/C17H27NO2/c1-6-13-20-15-12-10-9-11-14(15)16(19)17(7-2,8-3)18(4)5/h9-12H,6-8,13H2,1-5H3. The van der Waals surface area contributed by atoms with Gasteiger partial charge in [0.25, 0.3) is 0 Å². The zero-order chi connectivity index (χ0) is 15.2. The fourth-order valence-corrected chi connectivity index (χ4v) is 2.65. The lowest BCUT2D eigenvalue weighted by molar-refractivity contribution is 0.0652. The largest absolute Gasteiger partial charge is 0.493 e. The van der Waals surface area contributed by atoms with Crippen molar-refractivity contribution in [2.75, 3.05) is 20.7 Å². The van der Waals surface area contributed by atoms with Crippen molar-refractivity contribution in [1.82, 2.24) is 4.90 Å². The molecule has 0 radical (unpaired) electrons. The Hall–Kier alpha value is -1.35. The predicted molar refractivity (Wildman–Crippen MR) is 83.6 cm³/mol. The van der Waals surface area contributed by atoms with Crippen LogP contribution in [0, 0.1) is 0 Å². The molecule has 1 aromatic carbocycles. The first-order valence-corrected chi connectivity index (χ1v) is 7.47. The summed E-state index contributed by atoms with van der Waals surface area (Å²) in [5.74, 6) is 0.853. The Morgan fingerprint density at radius 2 is 1.75 bits per heavy atom. The lowest BCUT2D eigenvalue weighted by atomic mass is 9.83. The van der Waals surface area contributed by atoms with Crippen LogP contribution in [0.4, 0.5) is 0 Å². The molecule has 0 atom stereocenters. The zero-order valence-corrected chi connectivity index (χ0v) is 13.4. The lowest BCUT2D eigenvalue weighted by Gasteiger charge is -2.37. The Balaban J connectivity index is 3.18. The van der Waals surface area contributed by atoms with Gasteiger partial charge in [-0.25, -0.2) is 0 Å². The quantitative estimate of drug-likeness (QED) is 0.677. The minimum Gasteiger partial charge on any atom is -0.493 e. The highest BCUT2D eigenvalue weighted by molar-refractivity contribution is 6.05. The fourth-order valence-electron chi connectivity index (χ4n) is 2.65. The van der Waals surface area contributed by atoms with Crippen LogP contribution in [0.15, 0.2) is 24.3 Å². The highest BCUT2D eigenvalue weighted by Crippen LogP contribution is 2.30. The second kappa shape index (κ2) is 7.44. The molecule has 0 N–H and O–H groups in total. The van der Waals surface area contributed by atoms with Crippen molar-refractivity contribution in [2.24, 2.45) is 0 Å². The molecular formula is C17H27NO2. The van der Waals surface area contributed by atoms with Crippen molar-refractivity contribution in [2.45, 2.75) is 45.6 Å². The van der Waals surface area contributed by atoms with E-state index in [1.807, 2.05) is 43.3 Å². The number of carbonyl (C=O) groups excluding carboxylic acids is 1. The van der Waals surface area contributed by atoms with Crippen LogP contribution in [-0.4, -0.2) is 36.9 Å². The van der Waals surface area contributed by atoms with Crippen molar-refractivity contribution in [1.29, 1.82) is 0 Å². The van der Waals surface area contributed by atoms with Gasteiger partial charge in [0.2, 0.25) is 0 Å². The van der Waals surface area contributed by atoms with Crippen LogP contribution in [0.2, 0.25) is 0 Å². The second-order valence-electron chi connectivity index (χ2n) is 5.31. The molecule has 0 unspecified atom stereocenters. The summed E-state index contributed by atoms with van der Waals surface area (Å²) in [4.78, 5) is 15.1. The molecule has 0 amide bonds. The summed E-state index contributed by atoms with van der Waals surface area (Å²) in [6.45, 7) is 6.83. The minimum absolute atomic E-state index is 0.152. The summed E-state index contributed by atoms with van der Waals surface area (Å²) in [5.41, 5.74) is 0.240. The average Bonchev–Trinajstić information content (AvgIpc) is 2.46. The maximum Gasteiger partial charge on any atom is 0.186 e. The summed E-state index contributed by atoms with van der Waals surface area (Å²) in [5, 5.41) is 0. The molecule has 0 aliphatic carbocycles. The van der Waals surface area contributed by atoms with E-state index in [9.17, 15) is 4.79 Å². The lowest BCUT2D eigenvalue weighted by Crippen LogP contribution is -2.50. The van der Waals surface area contributed by atoms with E-state index in [0.29, 0.717) is 17.9 Å². The normalized spacial score (nSPS) is 11.7. The molecule has 0 aliphatic rings. The average molecular weight is 277 g/mol. The van der Waals surface area contributed by atoms with Gasteiger partial charge < -0.3 is 4.74 Å². The molecule has 20 heavy (non-hydrogen) atoms. The molecular weight excluding hydrogens is 250 g/mol. The van der Waals surface area contributed by atoms with Crippen LogP contribution in [0.25, 0.3) is 0 Å². The van der Waals surface area contributed by atoms with Gasteiger partial charge in [-0.1, -0.05) is 32.9 Å². The van der Waals surface area contributed by atoms with Crippen LogP contribution < -0.4 is 4.74 Å². The third-order valence-corrected chi connectivity index (χ3v) is 4.04. The van der Waals surface area contributed by atoms with Crippen molar-refractivity contribution in [3.8, 4) is 5.75 Å². The van der Waals surface area contributed by atoms with Crippen LogP contribution in [0.5, 0.6) is 5.75 Å². The van der Waals surface area contributed by atoms with Crippen LogP contribution in [-0.2, 0) is 0 Å². The van der Waals surface area contributed by atoms with Gasteiger partial charge in [0.05, 0.1) is 17.7 Å². The molecule has 0 bridgehead atoms. The summed E-state index contributed by atoms with van der Waals surface area (Å²) >= 11 is 0. The number of ether oxygens (including phenoxy) is 1. The molecule has 3 heteroatoms. The minimum atomic E-state index is -0.453. The van der Waals surface area contributed by atoms with E-state index in [4.69, 9.17) is 4.74 Å². The Labute approximate surface area is 122 Å². The number of rotatable bonds is 8. The summed E-state index contributed by atoms with van der Waals surface area (Å²) in [7, 11) is 3.95. The van der Waals surface area contributed by atoms with Gasteiger partial charge in [-0.3, -0.25) is 9.69 Å². The molecule has 0 aliphatic heterocycles. The van der Waals surface area contributed by atoms with E-state index < -0.39 is 5.54 Å².